The molecular formula is C14H18N4. The van der Waals surface area contributed by atoms with Crippen LogP contribution in [0, 0.1) is 6.92 Å². The SMILES string of the molecule is CCCCNc1cc(C)nc(-c2cccnc2)n1. The minimum absolute atomic E-state index is 0.724. The fourth-order valence-corrected chi connectivity index (χ4v) is 1.68. The van der Waals surface area contributed by atoms with Gasteiger partial charge in [-0.15, -0.1) is 0 Å². The summed E-state index contributed by atoms with van der Waals surface area (Å²) in [6, 6.07) is 5.83. The molecule has 0 bridgehead atoms. The highest BCUT2D eigenvalue weighted by atomic mass is 15.0. The smallest absolute Gasteiger partial charge is 0.163 e. The summed E-state index contributed by atoms with van der Waals surface area (Å²) in [7, 11) is 0. The number of rotatable bonds is 5. The quantitative estimate of drug-likeness (QED) is 0.819. The Bertz CT molecular complexity index is 496. The third-order valence-corrected chi connectivity index (χ3v) is 2.61. The van der Waals surface area contributed by atoms with Crippen molar-refractivity contribution in [2.45, 2.75) is 26.7 Å². The van der Waals surface area contributed by atoms with E-state index in [1.807, 2.05) is 25.1 Å². The number of nitrogens with one attached hydrogen (secondary N) is 1. The molecule has 94 valence electrons. The second-order valence-electron chi connectivity index (χ2n) is 4.24. The number of aromatic nitrogens is 3. The van der Waals surface area contributed by atoms with Gasteiger partial charge in [0.25, 0.3) is 0 Å². The molecule has 2 aromatic heterocycles. The van der Waals surface area contributed by atoms with Crippen molar-refractivity contribution in [2.75, 3.05) is 11.9 Å². The molecule has 0 aliphatic rings. The van der Waals surface area contributed by atoms with Crippen molar-refractivity contribution < 1.29 is 0 Å². The lowest BCUT2D eigenvalue weighted by Gasteiger charge is -2.07. The molecule has 4 nitrogen and oxygen atoms in total. The van der Waals surface area contributed by atoms with Crippen molar-refractivity contribution in [1.29, 1.82) is 0 Å². The molecule has 0 amide bonds. The lowest BCUT2D eigenvalue weighted by molar-refractivity contribution is 0.830. The maximum Gasteiger partial charge on any atom is 0.163 e. The van der Waals surface area contributed by atoms with E-state index in [4.69, 9.17) is 0 Å². The standard InChI is InChI=1S/C14H18N4/c1-3-4-8-16-13-9-11(2)17-14(18-13)12-6-5-7-15-10-12/h5-7,9-10H,3-4,8H2,1-2H3,(H,16,17,18). The summed E-state index contributed by atoms with van der Waals surface area (Å²) in [5.74, 6) is 1.61. The van der Waals surface area contributed by atoms with E-state index in [0.717, 1.165) is 35.9 Å². The van der Waals surface area contributed by atoms with Gasteiger partial charge >= 0.3 is 0 Å². The number of hydrogen-bond donors (Lipinski definition) is 1. The Morgan fingerprint density at radius 1 is 1.28 bits per heavy atom. The first kappa shape index (κ1) is 12.5. The Hall–Kier alpha value is -1.97. The van der Waals surface area contributed by atoms with Crippen LogP contribution in [-0.4, -0.2) is 21.5 Å². The van der Waals surface area contributed by atoms with Crippen LogP contribution in [0.3, 0.4) is 0 Å². The zero-order valence-electron chi connectivity index (χ0n) is 10.8. The van der Waals surface area contributed by atoms with Crippen LogP contribution in [0.5, 0.6) is 0 Å². The van der Waals surface area contributed by atoms with E-state index in [1.165, 1.54) is 6.42 Å². The Kier molecular flexibility index (Phi) is 4.23. The summed E-state index contributed by atoms with van der Waals surface area (Å²) in [5.41, 5.74) is 1.91. The topological polar surface area (TPSA) is 50.7 Å². The molecule has 0 aliphatic heterocycles. The van der Waals surface area contributed by atoms with E-state index in [0.29, 0.717) is 0 Å². The summed E-state index contributed by atoms with van der Waals surface area (Å²) in [6.45, 7) is 5.10. The fourth-order valence-electron chi connectivity index (χ4n) is 1.68. The molecule has 0 aromatic carbocycles. The zero-order valence-corrected chi connectivity index (χ0v) is 10.8. The van der Waals surface area contributed by atoms with E-state index in [-0.39, 0.29) is 0 Å². The van der Waals surface area contributed by atoms with Gasteiger partial charge in [0, 0.05) is 36.3 Å². The van der Waals surface area contributed by atoms with E-state index < -0.39 is 0 Å². The predicted octanol–water partition coefficient (Wildman–Crippen LogP) is 3.06. The normalized spacial score (nSPS) is 10.3. The van der Waals surface area contributed by atoms with Gasteiger partial charge < -0.3 is 5.32 Å². The Morgan fingerprint density at radius 3 is 2.89 bits per heavy atom. The van der Waals surface area contributed by atoms with Crippen LogP contribution in [0.15, 0.2) is 30.6 Å². The van der Waals surface area contributed by atoms with Gasteiger partial charge in [0.05, 0.1) is 0 Å². The Morgan fingerprint density at radius 2 is 2.17 bits per heavy atom. The van der Waals surface area contributed by atoms with Crippen LogP contribution in [0.4, 0.5) is 5.82 Å². The van der Waals surface area contributed by atoms with Crippen molar-refractivity contribution in [1.82, 2.24) is 15.0 Å². The summed E-state index contributed by atoms with van der Waals surface area (Å²) in [4.78, 5) is 13.1. The molecule has 2 aromatic rings. The summed E-state index contributed by atoms with van der Waals surface area (Å²) in [5, 5.41) is 3.33. The predicted molar refractivity (Wildman–Crippen MR) is 73.4 cm³/mol. The van der Waals surface area contributed by atoms with Crippen LogP contribution < -0.4 is 5.32 Å². The van der Waals surface area contributed by atoms with Crippen molar-refractivity contribution in [3.63, 3.8) is 0 Å². The van der Waals surface area contributed by atoms with E-state index in [2.05, 4.69) is 27.2 Å². The van der Waals surface area contributed by atoms with E-state index in [9.17, 15) is 0 Å². The molecule has 0 spiro atoms. The molecule has 0 atom stereocenters. The Balaban J connectivity index is 2.21. The molecule has 2 rings (SSSR count). The Labute approximate surface area is 108 Å². The van der Waals surface area contributed by atoms with Crippen LogP contribution in [0.1, 0.15) is 25.5 Å². The monoisotopic (exact) mass is 242 g/mol. The maximum atomic E-state index is 4.51. The van der Waals surface area contributed by atoms with Crippen molar-refractivity contribution in [3.8, 4) is 11.4 Å². The molecule has 0 unspecified atom stereocenters. The second-order valence-corrected chi connectivity index (χ2v) is 4.24. The number of nitrogens with zero attached hydrogens (tertiary/aromatic N) is 3. The maximum absolute atomic E-state index is 4.51. The molecule has 4 heteroatoms. The minimum Gasteiger partial charge on any atom is -0.370 e. The third kappa shape index (κ3) is 3.26. The summed E-state index contributed by atoms with van der Waals surface area (Å²) < 4.78 is 0. The number of unbranched alkanes of at least 4 members (excludes halogenated alkanes) is 1. The van der Waals surface area contributed by atoms with Crippen LogP contribution in [0.25, 0.3) is 11.4 Å². The number of anilines is 1. The summed E-state index contributed by atoms with van der Waals surface area (Å²) >= 11 is 0. The van der Waals surface area contributed by atoms with Gasteiger partial charge in [-0.25, -0.2) is 9.97 Å². The van der Waals surface area contributed by atoms with E-state index in [1.54, 1.807) is 12.4 Å². The van der Waals surface area contributed by atoms with Crippen molar-refractivity contribution in [2.24, 2.45) is 0 Å². The number of pyridine rings is 1. The molecule has 0 radical (unpaired) electrons. The molecule has 1 N–H and O–H groups in total. The molecule has 0 aliphatic carbocycles. The van der Waals surface area contributed by atoms with Crippen LogP contribution in [0.2, 0.25) is 0 Å². The largest absolute Gasteiger partial charge is 0.370 e. The molecule has 2 heterocycles. The highest BCUT2D eigenvalue weighted by Gasteiger charge is 2.04. The lowest BCUT2D eigenvalue weighted by Crippen LogP contribution is -2.05. The highest BCUT2D eigenvalue weighted by Crippen LogP contribution is 2.16. The fraction of sp³-hybridized carbons (Fsp3) is 0.357. The van der Waals surface area contributed by atoms with Gasteiger partial charge in [0.2, 0.25) is 0 Å². The molecule has 0 fully saturated rings. The molecule has 0 saturated carbocycles. The van der Waals surface area contributed by atoms with Gasteiger partial charge in [-0.3, -0.25) is 4.98 Å². The second kappa shape index (κ2) is 6.10. The average Bonchev–Trinajstić information content (AvgIpc) is 2.39. The molecular weight excluding hydrogens is 224 g/mol. The number of aryl methyl sites for hydroxylation is 1. The van der Waals surface area contributed by atoms with Gasteiger partial charge in [-0.05, 0) is 25.5 Å². The first-order valence-electron chi connectivity index (χ1n) is 6.29. The van der Waals surface area contributed by atoms with Crippen LogP contribution in [-0.2, 0) is 0 Å². The highest BCUT2D eigenvalue weighted by molar-refractivity contribution is 5.56. The molecule has 0 saturated heterocycles. The van der Waals surface area contributed by atoms with Crippen molar-refractivity contribution >= 4 is 5.82 Å². The molecule has 18 heavy (non-hydrogen) atoms. The van der Waals surface area contributed by atoms with Gasteiger partial charge in [-0.1, -0.05) is 13.3 Å². The first-order valence-corrected chi connectivity index (χ1v) is 6.29. The summed E-state index contributed by atoms with van der Waals surface area (Å²) in [6.07, 6.45) is 5.85. The third-order valence-electron chi connectivity index (χ3n) is 2.61. The van der Waals surface area contributed by atoms with E-state index >= 15 is 0 Å². The average molecular weight is 242 g/mol. The number of hydrogen-bond acceptors (Lipinski definition) is 4. The first-order chi connectivity index (χ1) is 8.79. The van der Waals surface area contributed by atoms with Crippen LogP contribution >= 0.6 is 0 Å². The van der Waals surface area contributed by atoms with Gasteiger partial charge in [-0.2, -0.15) is 0 Å². The zero-order chi connectivity index (χ0) is 12.8. The van der Waals surface area contributed by atoms with Gasteiger partial charge in [0.15, 0.2) is 5.82 Å². The minimum atomic E-state index is 0.724. The lowest BCUT2D eigenvalue weighted by atomic mass is 10.2. The van der Waals surface area contributed by atoms with Gasteiger partial charge in [0.1, 0.15) is 5.82 Å². The van der Waals surface area contributed by atoms with Crippen molar-refractivity contribution in [3.05, 3.63) is 36.3 Å².